The molecule has 138 valence electrons. The highest BCUT2D eigenvalue weighted by molar-refractivity contribution is 5.74. The number of benzene rings is 2. The van der Waals surface area contributed by atoms with E-state index >= 15 is 0 Å². The minimum atomic E-state index is -0.864. The highest BCUT2D eigenvalue weighted by Gasteiger charge is 2.38. The van der Waals surface area contributed by atoms with Gasteiger partial charge in [-0.25, -0.2) is 4.39 Å². The Morgan fingerprint density at radius 1 is 1.19 bits per heavy atom. The average Bonchev–Trinajstić information content (AvgIpc) is 3.12. The van der Waals surface area contributed by atoms with Gasteiger partial charge in [0.1, 0.15) is 11.8 Å². The summed E-state index contributed by atoms with van der Waals surface area (Å²) in [4.78, 5) is 13.6. The molecular formula is C20H22FNO4. The lowest BCUT2D eigenvalue weighted by molar-refractivity contribution is -0.142. The first-order valence-electron chi connectivity index (χ1n) is 8.51. The van der Waals surface area contributed by atoms with Crippen LogP contribution in [0.5, 0.6) is 11.5 Å². The molecule has 0 aliphatic carbocycles. The average molecular weight is 359 g/mol. The molecule has 0 spiro atoms. The van der Waals surface area contributed by atoms with E-state index in [0.717, 1.165) is 12.0 Å². The quantitative estimate of drug-likeness (QED) is 0.856. The Hall–Kier alpha value is -2.60. The number of likely N-dealkylation sites (tertiary alicyclic amines) is 1. The number of hydrogen-bond acceptors (Lipinski definition) is 4. The highest BCUT2D eigenvalue weighted by Crippen LogP contribution is 2.39. The monoisotopic (exact) mass is 359 g/mol. The van der Waals surface area contributed by atoms with Crippen molar-refractivity contribution in [2.45, 2.75) is 24.9 Å². The summed E-state index contributed by atoms with van der Waals surface area (Å²) in [6, 6.07) is 11.2. The molecule has 1 heterocycles. The topological polar surface area (TPSA) is 59.0 Å². The first kappa shape index (κ1) is 18.2. The zero-order valence-electron chi connectivity index (χ0n) is 14.8. The minimum absolute atomic E-state index is 0.156. The van der Waals surface area contributed by atoms with Crippen LogP contribution in [0.2, 0.25) is 0 Å². The molecule has 2 aromatic carbocycles. The van der Waals surface area contributed by atoms with Crippen LogP contribution < -0.4 is 9.47 Å². The summed E-state index contributed by atoms with van der Waals surface area (Å²) in [5.41, 5.74) is 1.48. The van der Waals surface area contributed by atoms with Gasteiger partial charge in [-0.05, 0) is 36.6 Å². The third-order valence-electron chi connectivity index (χ3n) is 4.84. The van der Waals surface area contributed by atoms with Gasteiger partial charge in [-0.3, -0.25) is 9.69 Å². The third kappa shape index (κ3) is 3.37. The SMILES string of the molecule is COc1ccc(C(c2ccccc2OC)N2CCCC2C(=O)O)cc1F. The second kappa shape index (κ2) is 7.74. The zero-order valence-corrected chi connectivity index (χ0v) is 14.8. The van der Waals surface area contributed by atoms with Gasteiger partial charge < -0.3 is 14.6 Å². The lowest BCUT2D eigenvalue weighted by atomic mass is 9.95. The second-order valence-electron chi connectivity index (χ2n) is 6.27. The van der Waals surface area contributed by atoms with Crippen molar-refractivity contribution in [2.24, 2.45) is 0 Å². The Morgan fingerprint density at radius 3 is 2.58 bits per heavy atom. The summed E-state index contributed by atoms with van der Waals surface area (Å²) < 4.78 is 24.9. The van der Waals surface area contributed by atoms with Gasteiger partial charge in [0.15, 0.2) is 11.6 Å². The number of hydrogen-bond donors (Lipinski definition) is 1. The van der Waals surface area contributed by atoms with Crippen molar-refractivity contribution in [1.29, 1.82) is 0 Å². The molecule has 1 N–H and O–H groups in total. The van der Waals surface area contributed by atoms with Gasteiger partial charge in [0, 0.05) is 12.1 Å². The Labute approximate surface area is 152 Å². The van der Waals surface area contributed by atoms with E-state index in [1.165, 1.54) is 13.2 Å². The van der Waals surface area contributed by atoms with E-state index in [4.69, 9.17) is 9.47 Å². The molecule has 1 saturated heterocycles. The number of halogens is 1. The largest absolute Gasteiger partial charge is 0.496 e. The van der Waals surface area contributed by atoms with Gasteiger partial charge in [0.2, 0.25) is 0 Å². The van der Waals surface area contributed by atoms with Gasteiger partial charge >= 0.3 is 5.97 Å². The maximum Gasteiger partial charge on any atom is 0.320 e. The van der Waals surface area contributed by atoms with Crippen molar-refractivity contribution in [3.63, 3.8) is 0 Å². The summed E-state index contributed by atoms with van der Waals surface area (Å²) in [6.07, 6.45) is 1.35. The van der Waals surface area contributed by atoms with Crippen molar-refractivity contribution in [3.8, 4) is 11.5 Å². The maximum absolute atomic E-state index is 14.4. The molecule has 6 heteroatoms. The standard InChI is InChI=1S/C20H22FNO4/c1-25-17-8-4-3-6-14(17)19(22-11-5-7-16(22)20(23)24)13-9-10-18(26-2)15(21)12-13/h3-4,6,8-10,12,16,19H,5,7,11H2,1-2H3,(H,23,24). The molecular weight excluding hydrogens is 337 g/mol. The highest BCUT2D eigenvalue weighted by atomic mass is 19.1. The van der Waals surface area contributed by atoms with Crippen LogP contribution in [0.15, 0.2) is 42.5 Å². The van der Waals surface area contributed by atoms with E-state index in [-0.39, 0.29) is 5.75 Å². The van der Waals surface area contributed by atoms with Crippen molar-refractivity contribution in [1.82, 2.24) is 4.90 Å². The summed E-state index contributed by atoms with van der Waals surface area (Å²) >= 11 is 0. The van der Waals surface area contributed by atoms with Crippen LogP contribution in [0.1, 0.15) is 30.0 Å². The summed E-state index contributed by atoms with van der Waals surface area (Å²) in [5, 5.41) is 9.62. The van der Waals surface area contributed by atoms with Crippen LogP contribution in [0.25, 0.3) is 0 Å². The summed E-state index contributed by atoms with van der Waals surface area (Å²) in [6.45, 7) is 0.618. The van der Waals surface area contributed by atoms with Gasteiger partial charge in [-0.15, -0.1) is 0 Å². The molecule has 0 bridgehead atoms. The Morgan fingerprint density at radius 2 is 1.92 bits per heavy atom. The smallest absolute Gasteiger partial charge is 0.320 e. The zero-order chi connectivity index (χ0) is 18.7. The molecule has 2 atom stereocenters. The number of para-hydroxylation sites is 1. The molecule has 0 radical (unpaired) electrons. The van der Waals surface area contributed by atoms with E-state index < -0.39 is 23.9 Å². The fourth-order valence-electron chi connectivity index (χ4n) is 3.66. The molecule has 2 unspecified atom stereocenters. The lowest BCUT2D eigenvalue weighted by Gasteiger charge is -2.33. The van der Waals surface area contributed by atoms with E-state index in [1.807, 2.05) is 29.2 Å². The fourth-order valence-corrected chi connectivity index (χ4v) is 3.66. The maximum atomic E-state index is 14.4. The van der Waals surface area contributed by atoms with Crippen molar-refractivity contribution in [2.75, 3.05) is 20.8 Å². The van der Waals surface area contributed by atoms with E-state index in [9.17, 15) is 14.3 Å². The molecule has 0 amide bonds. The number of rotatable bonds is 6. The number of aliphatic carboxylic acids is 1. The predicted molar refractivity (Wildman–Crippen MR) is 95.2 cm³/mol. The van der Waals surface area contributed by atoms with E-state index in [1.54, 1.807) is 19.2 Å². The third-order valence-corrected chi connectivity index (χ3v) is 4.84. The first-order valence-corrected chi connectivity index (χ1v) is 8.51. The van der Waals surface area contributed by atoms with E-state index in [0.29, 0.717) is 24.3 Å². The van der Waals surface area contributed by atoms with Crippen molar-refractivity contribution in [3.05, 3.63) is 59.4 Å². The Kier molecular flexibility index (Phi) is 5.42. The van der Waals surface area contributed by atoms with Gasteiger partial charge in [-0.1, -0.05) is 24.3 Å². The van der Waals surface area contributed by atoms with Crippen LogP contribution in [0.4, 0.5) is 4.39 Å². The number of carboxylic acid groups (broad SMARTS) is 1. The number of ether oxygens (including phenoxy) is 2. The molecule has 0 saturated carbocycles. The molecule has 26 heavy (non-hydrogen) atoms. The van der Waals surface area contributed by atoms with Crippen LogP contribution >= 0.6 is 0 Å². The molecule has 1 aliphatic rings. The predicted octanol–water partition coefficient (Wildman–Crippen LogP) is 3.48. The number of carbonyl (C=O) groups is 1. The van der Waals surface area contributed by atoms with Gasteiger partial charge in [0.05, 0.1) is 20.3 Å². The molecule has 0 aromatic heterocycles. The lowest BCUT2D eigenvalue weighted by Crippen LogP contribution is -2.39. The fraction of sp³-hybridized carbons (Fsp3) is 0.350. The second-order valence-corrected chi connectivity index (χ2v) is 6.27. The van der Waals surface area contributed by atoms with E-state index in [2.05, 4.69) is 0 Å². The van der Waals surface area contributed by atoms with Gasteiger partial charge in [0.25, 0.3) is 0 Å². The minimum Gasteiger partial charge on any atom is -0.496 e. The summed E-state index contributed by atoms with van der Waals surface area (Å²) in [7, 11) is 2.99. The molecule has 5 nitrogen and oxygen atoms in total. The van der Waals surface area contributed by atoms with Crippen LogP contribution in [-0.2, 0) is 4.79 Å². The normalized spacial score (nSPS) is 18.5. The molecule has 1 fully saturated rings. The van der Waals surface area contributed by atoms with Gasteiger partial charge in [-0.2, -0.15) is 0 Å². The number of methoxy groups -OCH3 is 2. The first-order chi connectivity index (χ1) is 12.6. The molecule has 1 aliphatic heterocycles. The number of nitrogens with zero attached hydrogens (tertiary/aromatic N) is 1. The van der Waals surface area contributed by atoms with Crippen molar-refractivity contribution >= 4 is 5.97 Å². The Bertz CT molecular complexity index is 795. The Balaban J connectivity index is 2.13. The van der Waals surface area contributed by atoms with Crippen LogP contribution in [-0.4, -0.2) is 42.8 Å². The molecule has 3 rings (SSSR count). The number of carboxylic acids is 1. The summed E-state index contributed by atoms with van der Waals surface area (Å²) in [5.74, 6) is -0.541. The van der Waals surface area contributed by atoms with Crippen LogP contribution in [0.3, 0.4) is 0 Å². The molecule has 2 aromatic rings. The van der Waals surface area contributed by atoms with Crippen molar-refractivity contribution < 1.29 is 23.8 Å². The van der Waals surface area contributed by atoms with Crippen LogP contribution in [0, 0.1) is 5.82 Å².